The van der Waals surface area contributed by atoms with E-state index in [1.165, 1.54) is 126 Å². The zero-order valence-electron chi connectivity index (χ0n) is 25.5. The van der Waals surface area contributed by atoms with Crippen LogP contribution in [0.5, 0.6) is 5.75 Å². The molecule has 0 aliphatic rings. The quantitative estimate of drug-likeness (QED) is 0.118. The number of benzene rings is 2. The van der Waals surface area contributed by atoms with Crippen LogP contribution in [-0.2, 0) is 19.4 Å². The van der Waals surface area contributed by atoms with Gasteiger partial charge in [0.05, 0.1) is 12.4 Å². The first kappa shape index (κ1) is 31.8. The first-order chi connectivity index (χ1) is 19.8. The molecule has 3 aromatic rings. The molecule has 1 aromatic heterocycles. The number of nitrogens with zero attached hydrogens (tertiary/aromatic N) is 2. The third-order valence-electron chi connectivity index (χ3n) is 7.91. The molecule has 0 spiro atoms. The molecule has 0 amide bonds. The number of rotatable bonds is 22. The van der Waals surface area contributed by atoms with E-state index < -0.39 is 0 Å². The lowest BCUT2D eigenvalue weighted by Gasteiger charge is -2.08. The molecule has 0 aliphatic heterocycles. The van der Waals surface area contributed by atoms with E-state index in [0.717, 1.165) is 17.8 Å². The summed E-state index contributed by atoms with van der Waals surface area (Å²) in [5.41, 5.74) is 5.05. The van der Waals surface area contributed by atoms with Crippen molar-refractivity contribution in [2.75, 3.05) is 0 Å². The van der Waals surface area contributed by atoms with Gasteiger partial charge in [-0.2, -0.15) is 0 Å². The maximum atomic E-state index is 5.96. The number of aryl methyl sites for hydroxylation is 2. The summed E-state index contributed by atoms with van der Waals surface area (Å²) >= 11 is 0. The highest BCUT2D eigenvalue weighted by atomic mass is 16.5. The molecule has 3 nitrogen and oxygen atoms in total. The number of aromatic nitrogens is 2. The molecule has 0 saturated carbocycles. The Morgan fingerprint density at radius 3 is 1.35 bits per heavy atom. The lowest BCUT2D eigenvalue weighted by molar-refractivity contribution is 0.303. The van der Waals surface area contributed by atoms with Crippen LogP contribution in [0.1, 0.15) is 133 Å². The Hall–Kier alpha value is -2.68. The molecule has 0 unspecified atom stereocenters. The van der Waals surface area contributed by atoms with E-state index in [-0.39, 0.29) is 0 Å². The van der Waals surface area contributed by atoms with E-state index in [1.54, 1.807) is 12.4 Å². The highest BCUT2D eigenvalue weighted by Gasteiger charge is 2.04. The van der Waals surface area contributed by atoms with Crippen molar-refractivity contribution in [2.24, 2.45) is 0 Å². The molecule has 218 valence electrons. The Morgan fingerprint density at radius 1 is 0.475 bits per heavy atom. The lowest BCUT2D eigenvalue weighted by Crippen LogP contribution is -1.98. The first-order valence-electron chi connectivity index (χ1n) is 16.4. The summed E-state index contributed by atoms with van der Waals surface area (Å²) in [7, 11) is 0. The van der Waals surface area contributed by atoms with E-state index in [9.17, 15) is 0 Å². The molecule has 0 bridgehead atoms. The van der Waals surface area contributed by atoms with Gasteiger partial charge in [0.2, 0.25) is 0 Å². The van der Waals surface area contributed by atoms with Crippen molar-refractivity contribution in [1.82, 2.24) is 9.97 Å². The lowest BCUT2D eigenvalue weighted by atomic mass is 10.0. The monoisotopic (exact) mass is 542 g/mol. The Bertz CT molecular complexity index is 1010. The Balaban J connectivity index is 1.31. The maximum Gasteiger partial charge on any atom is 0.159 e. The molecular weight excluding hydrogens is 488 g/mol. The minimum atomic E-state index is 0.536. The summed E-state index contributed by atoms with van der Waals surface area (Å²) in [5, 5.41) is 0. The minimum absolute atomic E-state index is 0.536. The SMILES string of the molecule is CCCCCCCCCCc1ccc(COc2cnc(-c3ccc(CCCCCCCCCC)cc3)nc2)cc1. The van der Waals surface area contributed by atoms with Gasteiger partial charge in [0, 0.05) is 5.56 Å². The van der Waals surface area contributed by atoms with Crippen molar-refractivity contribution < 1.29 is 4.74 Å². The molecule has 0 atom stereocenters. The van der Waals surface area contributed by atoms with Gasteiger partial charge >= 0.3 is 0 Å². The third-order valence-corrected chi connectivity index (χ3v) is 7.91. The number of ether oxygens (including phenoxy) is 1. The van der Waals surface area contributed by atoms with E-state index in [4.69, 9.17) is 4.74 Å². The van der Waals surface area contributed by atoms with Crippen LogP contribution in [0.3, 0.4) is 0 Å². The van der Waals surface area contributed by atoms with Crippen LogP contribution in [0.25, 0.3) is 11.4 Å². The molecule has 3 rings (SSSR count). The fourth-order valence-corrected chi connectivity index (χ4v) is 5.26. The largest absolute Gasteiger partial charge is 0.486 e. The highest BCUT2D eigenvalue weighted by molar-refractivity contribution is 5.55. The van der Waals surface area contributed by atoms with Gasteiger partial charge in [-0.3, -0.25) is 0 Å². The fourth-order valence-electron chi connectivity index (χ4n) is 5.26. The predicted octanol–water partition coefficient (Wildman–Crippen LogP) is 11.1. The Morgan fingerprint density at radius 2 is 0.875 bits per heavy atom. The maximum absolute atomic E-state index is 5.96. The van der Waals surface area contributed by atoms with Gasteiger partial charge in [-0.25, -0.2) is 9.97 Å². The zero-order valence-corrected chi connectivity index (χ0v) is 25.5. The van der Waals surface area contributed by atoms with Crippen LogP contribution in [0.15, 0.2) is 60.9 Å². The molecule has 0 fully saturated rings. The van der Waals surface area contributed by atoms with Gasteiger partial charge in [0.1, 0.15) is 6.61 Å². The molecule has 0 aliphatic carbocycles. The van der Waals surface area contributed by atoms with Crippen LogP contribution in [0.2, 0.25) is 0 Å². The van der Waals surface area contributed by atoms with E-state index >= 15 is 0 Å². The average molecular weight is 543 g/mol. The average Bonchev–Trinajstić information content (AvgIpc) is 3.00. The number of hydrogen-bond donors (Lipinski definition) is 0. The molecule has 40 heavy (non-hydrogen) atoms. The molecule has 0 saturated heterocycles. The van der Waals surface area contributed by atoms with Crippen LogP contribution < -0.4 is 4.74 Å². The van der Waals surface area contributed by atoms with Crippen molar-refractivity contribution in [2.45, 2.75) is 136 Å². The van der Waals surface area contributed by atoms with Crippen LogP contribution in [0, 0.1) is 0 Å². The molecule has 0 N–H and O–H groups in total. The molecule has 3 heteroatoms. The molecule has 0 radical (unpaired) electrons. The zero-order chi connectivity index (χ0) is 28.1. The van der Waals surface area contributed by atoms with E-state index in [2.05, 4.69) is 72.3 Å². The topological polar surface area (TPSA) is 35.0 Å². The summed E-state index contributed by atoms with van der Waals surface area (Å²) in [4.78, 5) is 9.11. The smallest absolute Gasteiger partial charge is 0.159 e. The van der Waals surface area contributed by atoms with Crippen LogP contribution in [-0.4, -0.2) is 9.97 Å². The standard InChI is InChI=1S/C37H54N2O/c1-3-5-7-9-11-13-15-17-19-32-21-23-34(24-22-32)31-40-36-29-38-37(39-30-36)35-27-25-33(26-28-35)20-18-16-14-12-10-8-6-4-2/h21-30H,3-20,31H2,1-2H3. The molecule has 1 heterocycles. The summed E-state index contributed by atoms with van der Waals surface area (Å²) in [6.45, 7) is 5.09. The normalized spacial score (nSPS) is 11.2. The molecule has 2 aromatic carbocycles. The van der Waals surface area contributed by atoms with Crippen molar-refractivity contribution in [3.63, 3.8) is 0 Å². The second kappa shape index (κ2) is 20.2. The second-order valence-electron chi connectivity index (χ2n) is 11.5. The van der Waals surface area contributed by atoms with Crippen molar-refractivity contribution >= 4 is 0 Å². The van der Waals surface area contributed by atoms with Gasteiger partial charge in [-0.05, 0) is 42.4 Å². The van der Waals surface area contributed by atoms with Crippen molar-refractivity contribution in [3.05, 3.63) is 77.6 Å². The van der Waals surface area contributed by atoms with Crippen LogP contribution in [0.4, 0.5) is 0 Å². The first-order valence-corrected chi connectivity index (χ1v) is 16.4. The number of unbranched alkanes of at least 4 members (excludes halogenated alkanes) is 14. The van der Waals surface area contributed by atoms with Gasteiger partial charge in [0.25, 0.3) is 0 Å². The summed E-state index contributed by atoms with van der Waals surface area (Å²) in [6.07, 6.45) is 27.7. The Kier molecular flexibility index (Phi) is 16.1. The minimum Gasteiger partial charge on any atom is -0.486 e. The van der Waals surface area contributed by atoms with Crippen molar-refractivity contribution in [1.29, 1.82) is 0 Å². The van der Waals surface area contributed by atoms with Crippen LogP contribution >= 0.6 is 0 Å². The van der Waals surface area contributed by atoms with Gasteiger partial charge in [-0.1, -0.05) is 152 Å². The van der Waals surface area contributed by atoms with E-state index in [1.807, 2.05) is 0 Å². The van der Waals surface area contributed by atoms with Gasteiger partial charge in [-0.15, -0.1) is 0 Å². The Labute approximate surface area is 245 Å². The third kappa shape index (κ3) is 13.1. The van der Waals surface area contributed by atoms with Gasteiger partial charge < -0.3 is 4.74 Å². The second-order valence-corrected chi connectivity index (χ2v) is 11.5. The fraction of sp³-hybridized carbons (Fsp3) is 0.568. The van der Waals surface area contributed by atoms with Gasteiger partial charge in [0.15, 0.2) is 11.6 Å². The summed E-state index contributed by atoms with van der Waals surface area (Å²) < 4.78 is 5.96. The van der Waals surface area contributed by atoms with Crippen molar-refractivity contribution in [3.8, 4) is 17.1 Å². The molecular formula is C37H54N2O. The summed E-state index contributed by atoms with van der Waals surface area (Å²) in [6, 6.07) is 17.6. The number of hydrogen-bond acceptors (Lipinski definition) is 3. The summed E-state index contributed by atoms with van der Waals surface area (Å²) in [5.74, 6) is 1.45. The van der Waals surface area contributed by atoms with E-state index in [0.29, 0.717) is 12.4 Å². The highest BCUT2D eigenvalue weighted by Crippen LogP contribution is 2.20. The predicted molar refractivity (Wildman–Crippen MR) is 171 cm³/mol.